The van der Waals surface area contributed by atoms with Crippen molar-refractivity contribution in [2.24, 2.45) is 0 Å². The summed E-state index contributed by atoms with van der Waals surface area (Å²) in [5, 5.41) is 16.9. The fourth-order valence-corrected chi connectivity index (χ4v) is 3.56. The first kappa shape index (κ1) is 15.0. The van der Waals surface area contributed by atoms with Crippen LogP contribution in [0.1, 0.15) is 0 Å². The Morgan fingerprint density at radius 2 is 1.42 bits per heavy atom. The van der Waals surface area contributed by atoms with Crippen molar-refractivity contribution >= 4 is 55.6 Å². The number of anilines is 1. The Hall–Kier alpha value is -3.31. The summed E-state index contributed by atoms with van der Waals surface area (Å²) in [5.41, 5.74) is 2.69. The van der Waals surface area contributed by atoms with E-state index >= 15 is 0 Å². The van der Waals surface area contributed by atoms with Crippen molar-refractivity contribution in [2.75, 3.05) is 5.32 Å². The Labute approximate surface area is 155 Å². The van der Waals surface area contributed by atoms with Crippen LogP contribution < -0.4 is 5.32 Å². The molecule has 5 aromatic rings. The zero-order chi connectivity index (χ0) is 17.5. The SMILES string of the molecule is S=C(Nc1c2ccccc2cc2ccccc12)n1nnc2ccccc21. The molecule has 0 unspecified atom stereocenters. The lowest BCUT2D eigenvalue weighted by molar-refractivity contribution is 0.870. The Morgan fingerprint density at radius 1 is 0.808 bits per heavy atom. The smallest absolute Gasteiger partial charge is 0.200 e. The second kappa shape index (κ2) is 5.89. The van der Waals surface area contributed by atoms with Crippen molar-refractivity contribution in [3.05, 3.63) is 78.9 Å². The van der Waals surface area contributed by atoms with Crippen LogP contribution in [0.3, 0.4) is 0 Å². The second-order valence-corrected chi connectivity index (χ2v) is 6.50. The lowest BCUT2D eigenvalue weighted by Gasteiger charge is -2.14. The Bertz CT molecular complexity index is 1240. The average molecular weight is 354 g/mol. The van der Waals surface area contributed by atoms with Crippen LogP contribution in [0.5, 0.6) is 0 Å². The minimum Gasteiger partial charge on any atom is -0.330 e. The molecular weight excluding hydrogens is 340 g/mol. The van der Waals surface area contributed by atoms with Crippen LogP contribution in [-0.2, 0) is 0 Å². The highest BCUT2D eigenvalue weighted by molar-refractivity contribution is 7.80. The molecule has 0 fully saturated rings. The topological polar surface area (TPSA) is 42.7 Å². The summed E-state index contributed by atoms with van der Waals surface area (Å²) in [4.78, 5) is 0. The zero-order valence-electron chi connectivity index (χ0n) is 13.8. The third kappa shape index (κ3) is 2.33. The van der Waals surface area contributed by atoms with E-state index < -0.39 is 0 Å². The van der Waals surface area contributed by atoms with Gasteiger partial charge in [-0.05, 0) is 41.2 Å². The first-order valence-corrected chi connectivity index (χ1v) is 8.74. The predicted octanol–water partition coefficient (Wildman–Crippen LogP) is 4.98. The van der Waals surface area contributed by atoms with Crippen molar-refractivity contribution in [2.45, 2.75) is 0 Å². The molecule has 1 N–H and O–H groups in total. The molecule has 0 aliphatic carbocycles. The van der Waals surface area contributed by atoms with Gasteiger partial charge in [0.2, 0.25) is 5.11 Å². The van der Waals surface area contributed by atoms with Crippen LogP contribution >= 0.6 is 12.2 Å². The van der Waals surface area contributed by atoms with E-state index in [1.165, 1.54) is 10.8 Å². The number of aromatic nitrogens is 3. The number of para-hydroxylation sites is 1. The van der Waals surface area contributed by atoms with Crippen LogP contribution in [0.15, 0.2) is 78.9 Å². The van der Waals surface area contributed by atoms with Gasteiger partial charge < -0.3 is 5.32 Å². The number of benzene rings is 4. The minimum absolute atomic E-state index is 0.500. The van der Waals surface area contributed by atoms with Crippen molar-refractivity contribution in [3.63, 3.8) is 0 Å². The normalized spacial score (nSPS) is 11.2. The summed E-state index contributed by atoms with van der Waals surface area (Å²) < 4.78 is 1.67. The quantitative estimate of drug-likeness (QED) is 0.340. The lowest BCUT2D eigenvalue weighted by atomic mass is 10.0. The molecule has 4 aromatic carbocycles. The lowest BCUT2D eigenvalue weighted by Crippen LogP contribution is -2.20. The number of nitrogens with one attached hydrogen (secondary N) is 1. The van der Waals surface area contributed by atoms with E-state index in [1.54, 1.807) is 4.68 Å². The minimum atomic E-state index is 0.500. The maximum Gasteiger partial charge on any atom is 0.200 e. The summed E-state index contributed by atoms with van der Waals surface area (Å²) in [7, 11) is 0. The fraction of sp³-hybridized carbons (Fsp3) is 0. The molecule has 0 aliphatic heterocycles. The number of hydrogen-bond acceptors (Lipinski definition) is 3. The standard InChI is InChI=1S/C21H14N4S/c26-21(25-19-12-6-5-11-18(19)23-24-25)22-20-16-9-3-1-7-14(16)13-15-8-2-4-10-17(15)20/h1-13H,(H,22,26). The number of nitrogens with zero attached hydrogens (tertiary/aromatic N) is 3. The molecule has 0 saturated heterocycles. The molecule has 0 amide bonds. The molecule has 0 radical (unpaired) electrons. The molecule has 0 bridgehead atoms. The average Bonchev–Trinajstić information content (AvgIpc) is 3.12. The highest BCUT2D eigenvalue weighted by Crippen LogP contribution is 2.33. The molecule has 26 heavy (non-hydrogen) atoms. The van der Waals surface area contributed by atoms with Crippen LogP contribution in [0.25, 0.3) is 32.6 Å². The summed E-state index contributed by atoms with van der Waals surface area (Å²) in [6.45, 7) is 0. The van der Waals surface area contributed by atoms with Gasteiger partial charge >= 0.3 is 0 Å². The van der Waals surface area contributed by atoms with E-state index in [2.05, 4.69) is 46.0 Å². The molecule has 0 aliphatic rings. The highest BCUT2D eigenvalue weighted by atomic mass is 32.1. The molecule has 4 nitrogen and oxygen atoms in total. The fourth-order valence-electron chi connectivity index (χ4n) is 3.33. The summed E-state index contributed by atoms with van der Waals surface area (Å²) in [6, 6.07) is 26.6. The molecule has 124 valence electrons. The Kier molecular flexibility index (Phi) is 3.40. The van der Waals surface area contributed by atoms with Gasteiger partial charge in [-0.25, -0.2) is 0 Å². The Balaban J connectivity index is 1.69. The van der Waals surface area contributed by atoms with Crippen LogP contribution in [0, 0.1) is 0 Å². The molecule has 1 heterocycles. The monoisotopic (exact) mass is 354 g/mol. The maximum atomic E-state index is 5.66. The molecule has 0 atom stereocenters. The van der Waals surface area contributed by atoms with Gasteiger partial charge in [-0.1, -0.05) is 65.9 Å². The van der Waals surface area contributed by atoms with Crippen LogP contribution in [0.4, 0.5) is 5.69 Å². The van der Waals surface area contributed by atoms with Gasteiger partial charge in [0.15, 0.2) is 0 Å². The van der Waals surface area contributed by atoms with E-state index in [4.69, 9.17) is 12.2 Å². The number of rotatable bonds is 1. The number of thiocarbonyl (C=S) groups is 1. The summed E-state index contributed by atoms with van der Waals surface area (Å²) in [5.74, 6) is 0. The van der Waals surface area contributed by atoms with Gasteiger partial charge in [0.05, 0.1) is 11.2 Å². The summed E-state index contributed by atoms with van der Waals surface area (Å²) >= 11 is 5.66. The molecule has 0 spiro atoms. The maximum absolute atomic E-state index is 5.66. The molecule has 0 saturated carbocycles. The molecule has 1 aromatic heterocycles. The van der Waals surface area contributed by atoms with Gasteiger partial charge in [-0.2, -0.15) is 4.68 Å². The van der Waals surface area contributed by atoms with Gasteiger partial charge in [0, 0.05) is 10.8 Å². The van der Waals surface area contributed by atoms with E-state index in [-0.39, 0.29) is 0 Å². The first-order chi connectivity index (χ1) is 12.8. The predicted molar refractivity (Wildman–Crippen MR) is 111 cm³/mol. The third-order valence-corrected chi connectivity index (χ3v) is 4.82. The van der Waals surface area contributed by atoms with E-state index in [1.807, 2.05) is 48.5 Å². The van der Waals surface area contributed by atoms with Crippen LogP contribution in [0.2, 0.25) is 0 Å². The molecular formula is C21H14N4S. The highest BCUT2D eigenvalue weighted by Gasteiger charge is 2.12. The Morgan fingerprint density at radius 3 is 2.15 bits per heavy atom. The van der Waals surface area contributed by atoms with Gasteiger partial charge in [0.1, 0.15) is 5.52 Å². The van der Waals surface area contributed by atoms with E-state index in [0.29, 0.717) is 5.11 Å². The number of fused-ring (bicyclic) bond motifs is 3. The van der Waals surface area contributed by atoms with Crippen molar-refractivity contribution in [1.29, 1.82) is 0 Å². The molecule has 5 rings (SSSR count). The van der Waals surface area contributed by atoms with Gasteiger partial charge in [-0.3, -0.25) is 0 Å². The molecule has 5 heteroatoms. The van der Waals surface area contributed by atoms with E-state index in [0.717, 1.165) is 27.5 Å². The largest absolute Gasteiger partial charge is 0.330 e. The van der Waals surface area contributed by atoms with Gasteiger partial charge in [-0.15, -0.1) is 5.10 Å². The van der Waals surface area contributed by atoms with Gasteiger partial charge in [0.25, 0.3) is 0 Å². The van der Waals surface area contributed by atoms with Crippen molar-refractivity contribution in [3.8, 4) is 0 Å². The second-order valence-electron chi connectivity index (χ2n) is 6.11. The third-order valence-electron chi connectivity index (χ3n) is 4.55. The number of hydrogen-bond donors (Lipinski definition) is 1. The van der Waals surface area contributed by atoms with E-state index in [9.17, 15) is 0 Å². The summed E-state index contributed by atoms with van der Waals surface area (Å²) in [6.07, 6.45) is 0. The van der Waals surface area contributed by atoms with Crippen molar-refractivity contribution in [1.82, 2.24) is 15.0 Å². The zero-order valence-corrected chi connectivity index (χ0v) is 14.6. The first-order valence-electron chi connectivity index (χ1n) is 8.33. The van der Waals surface area contributed by atoms with Crippen molar-refractivity contribution < 1.29 is 0 Å². The van der Waals surface area contributed by atoms with Crippen LogP contribution in [-0.4, -0.2) is 20.1 Å².